The molecule has 0 saturated carbocycles. The standard InChI is InChI=1S/C11H16O3/c1-9(12)10-4-3-5-11(8-10)14-7-6-13-2/h3-5,8-9,12H,6-7H2,1-2H3/t9-/m0/s1. The third-order valence-corrected chi connectivity index (χ3v) is 1.90. The normalized spacial score (nSPS) is 12.5. The Morgan fingerprint density at radius 1 is 1.36 bits per heavy atom. The van der Waals surface area contributed by atoms with Crippen molar-refractivity contribution in [3.05, 3.63) is 29.8 Å². The lowest BCUT2D eigenvalue weighted by atomic mass is 10.1. The van der Waals surface area contributed by atoms with Crippen molar-refractivity contribution < 1.29 is 14.6 Å². The van der Waals surface area contributed by atoms with Gasteiger partial charge in [-0.05, 0) is 24.6 Å². The van der Waals surface area contributed by atoms with E-state index in [1.165, 1.54) is 0 Å². The fourth-order valence-corrected chi connectivity index (χ4v) is 1.11. The van der Waals surface area contributed by atoms with Crippen LogP contribution in [0.25, 0.3) is 0 Å². The predicted molar refractivity (Wildman–Crippen MR) is 54.4 cm³/mol. The van der Waals surface area contributed by atoms with E-state index in [0.717, 1.165) is 11.3 Å². The maximum atomic E-state index is 9.34. The summed E-state index contributed by atoms with van der Waals surface area (Å²) in [5, 5.41) is 9.34. The summed E-state index contributed by atoms with van der Waals surface area (Å²) in [5.74, 6) is 0.764. The lowest BCUT2D eigenvalue weighted by Gasteiger charge is -2.08. The van der Waals surface area contributed by atoms with E-state index in [1.54, 1.807) is 14.0 Å². The number of hydrogen-bond donors (Lipinski definition) is 1. The van der Waals surface area contributed by atoms with Crippen molar-refractivity contribution in [1.82, 2.24) is 0 Å². The van der Waals surface area contributed by atoms with Crippen LogP contribution < -0.4 is 4.74 Å². The average molecular weight is 196 g/mol. The van der Waals surface area contributed by atoms with Crippen LogP contribution >= 0.6 is 0 Å². The SMILES string of the molecule is COCCOc1cccc([C@H](C)O)c1. The van der Waals surface area contributed by atoms with E-state index in [2.05, 4.69) is 0 Å². The largest absolute Gasteiger partial charge is 0.491 e. The van der Waals surface area contributed by atoms with Crippen molar-refractivity contribution in [2.45, 2.75) is 13.0 Å². The molecule has 0 saturated heterocycles. The van der Waals surface area contributed by atoms with Gasteiger partial charge in [0.1, 0.15) is 12.4 Å². The summed E-state index contributed by atoms with van der Waals surface area (Å²) < 4.78 is 10.3. The number of benzene rings is 1. The molecule has 1 aromatic carbocycles. The van der Waals surface area contributed by atoms with Crippen LogP contribution in [-0.4, -0.2) is 25.4 Å². The first-order valence-corrected chi connectivity index (χ1v) is 4.64. The Bertz CT molecular complexity index is 271. The van der Waals surface area contributed by atoms with Gasteiger partial charge < -0.3 is 14.6 Å². The topological polar surface area (TPSA) is 38.7 Å². The number of aliphatic hydroxyl groups excluding tert-OH is 1. The zero-order valence-corrected chi connectivity index (χ0v) is 8.56. The summed E-state index contributed by atoms with van der Waals surface area (Å²) in [6.07, 6.45) is -0.457. The minimum absolute atomic E-state index is 0.457. The van der Waals surface area contributed by atoms with Gasteiger partial charge in [-0.1, -0.05) is 12.1 Å². The molecule has 0 unspecified atom stereocenters. The Kier molecular flexibility index (Phi) is 4.43. The molecule has 78 valence electrons. The number of aliphatic hydroxyl groups is 1. The Hall–Kier alpha value is -1.06. The van der Waals surface area contributed by atoms with E-state index in [0.29, 0.717) is 13.2 Å². The van der Waals surface area contributed by atoms with Crippen LogP contribution in [-0.2, 0) is 4.74 Å². The smallest absolute Gasteiger partial charge is 0.119 e. The second kappa shape index (κ2) is 5.62. The molecule has 14 heavy (non-hydrogen) atoms. The summed E-state index contributed by atoms with van der Waals surface area (Å²) in [6, 6.07) is 7.43. The third-order valence-electron chi connectivity index (χ3n) is 1.90. The molecule has 0 radical (unpaired) electrons. The van der Waals surface area contributed by atoms with Gasteiger partial charge in [-0.25, -0.2) is 0 Å². The molecule has 3 heteroatoms. The maximum absolute atomic E-state index is 9.34. The van der Waals surface area contributed by atoms with E-state index < -0.39 is 6.10 Å². The zero-order valence-electron chi connectivity index (χ0n) is 8.56. The third kappa shape index (κ3) is 3.36. The van der Waals surface area contributed by atoms with Crippen LogP contribution in [0.15, 0.2) is 24.3 Å². The van der Waals surface area contributed by atoms with Gasteiger partial charge >= 0.3 is 0 Å². The first kappa shape index (κ1) is 11.0. The molecule has 0 fully saturated rings. The second-order valence-corrected chi connectivity index (χ2v) is 3.09. The molecular weight excluding hydrogens is 180 g/mol. The summed E-state index contributed by atoms with van der Waals surface area (Å²) in [6.45, 7) is 2.83. The fourth-order valence-electron chi connectivity index (χ4n) is 1.11. The van der Waals surface area contributed by atoms with Gasteiger partial charge in [0, 0.05) is 7.11 Å². The Morgan fingerprint density at radius 3 is 2.79 bits per heavy atom. The van der Waals surface area contributed by atoms with Crippen molar-refractivity contribution >= 4 is 0 Å². The molecule has 1 atom stereocenters. The number of ether oxygens (including phenoxy) is 2. The van der Waals surface area contributed by atoms with Crippen LogP contribution in [0.3, 0.4) is 0 Å². The van der Waals surface area contributed by atoms with Crippen molar-refractivity contribution in [1.29, 1.82) is 0 Å². The minimum Gasteiger partial charge on any atom is -0.491 e. The van der Waals surface area contributed by atoms with Crippen molar-refractivity contribution in [3.8, 4) is 5.75 Å². The second-order valence-electron chi connectivity index (χ2n) is 3.09. The monoisotopic (exact) mass is 196 g/mol. The predicted octanol–water partition coefficient (Wildman–Crippen LogP) is 1.77. The minimum atomic E-state index is -0.457. The van der Waals surface area contributed by atoms with E-state index in [1.807, 2.05) is 24.3 Å². The summed E-state index contributed by atoms with van der Waals surface area (Å²) in [7, 11) is 1.63. The highest BCUT2D eigenvalue weighted by Gasteiger charge is 2.01. The van der Waals surface area contributed by atoms with E-state index in [4.69, 9.17) is 9.47 Å². The first-order chi connectivity index (χ1) is 6.74. The number of hydrogen-bond acceptors (Lipinski definition) is 3. The molecule has 0 bridgehead atoms. The van der Waals surface area contributed by atoms with Gasteiger partial charge in [-0.15, -0.1) is 0 Å². The van der Waals surface area contributed by atoms with Crippen LogP contribution in [0.1, 0.15) is 18.6 Å². The molecular formula is C11H16O3. The van der Waals surface area contributed by atoms with Crippen LogP contribution in [0.5, 0.6) is 5.75 Å². The molecule has 0 aliphatic heterocycles. The molecule has 0 aliphatic rings. The average Bonchev–Trinajstić information content (AvgIpc) is 2.19. The summed E-state index contributed by atoms with van der Waals surface area (Å²) in [5.41, 5.74) is 0.861. The van der Waals surface area contributed by atoms with Gasteiger partial charge in [0.2, 0.25) is 0 Å². The maximum Gasteiger partial charge on any atom is 0.119 e. The van der Waals surface area contributed by atoms with Gasteiger partial charge in [0.15, 0.2) is 0 Å². The zero-order chi connectivity index (χ0) is 10.4. The Morgan fingerprint density at radius 2 is 2.14 bits per heavy atom. The molecule has 3 nitrogen and oxygen atoms in total. The molecule has 1 rings (SSSR count). The molecule has 0 aliphatic carbocycles. The van der Waals surface area contributed by atoms with Gasteiger partial charge in [0.05, 0.1) is 12.7 Å². The lowest BCUT2D eigenvalue weighted by Crippen LogP contribution is -2.04. The highest BCUT2D eigenvalue weighted by Crippen LogP contribution is 2.18. The van der Waals surface area contributed by atoms with Crippen molar-refractivity contribution in [2.24, 2.45) is 0 Å². The molecule has 0 aromatic heterocycles. The van der Waals surface area contributed by atoms with Gasteiger partial charge in [-0.2, -0.15) is 0 Å². The molecule has 1 N–H and O–H groups in total. The van der Waals surface area contributed by atoms with Gasteiger partial charge in [0.25, 0.3) is 0 Å². The van der Waals surface area contributed by atoms with Crippen LogP contribution in [0, 0.1) is 0 Å². The first-order valence-electron chi connectivity index (χ1n) is 4.64. The molecule has 0 spiro atoms. The quantitative estimate of drug-likeness (QED) is 0.729. The van der Waals surface area contributed by atoms with E-state index >= 15 is 0 Å². The van der Waals surface area contributed by atoms with Crippen LogP contribution in [0.4, 0.5) is 0 Å². The lowest BCUT2D eigenvalue weighted by molar-refractivity contribution is 0.146. The fraction of sp³-hybridized carbons (Fsp3) is 0.455. The van der Waals surface area contributed by atoms with Crippen molar-refractivity contribution in [2.75, 3.05) is 20.3 Å². The number of methoxy groups -OCH3 is 1. The van der Waals surface area contributed by atoms with Crippen LogP contribution in [0.2, 0.25) is 0 Å². The Balaban J connectivity index is 2.55. The Labute approximate surface area is 84.3 Å². The highest BCUT2D eigenvalue weighted by atomic mass is 16.5. The highest BCUT2D eigenvalue weighted by molar-refractivity contribution is 5.29. The van der Waals surface area contributed by atoms with E-state index in [-0.39, 0.29) is 0 Å². The molecule has 0 heterocycles. The number of rotatable bonds is 5. The molecule has 1 aromatic rings. The summed E-state index contributed by atoms with van der Waals surface area (Å²) >= 11 is 0. The summed E-state index contributed by atoms with van der Waals surface area (Å²) in [4.78, 5) is 0. The molecule has 0 amide bonds. The van der Waals surface area contributed by atoms with Crippen molar-refractivity contribution in [3.63, 3.8) is 0 Å². The van der Waals surface area contributed by atoms with E-state index in [9.17, 15) is 5.11 Å². The van der Waals surface area contributed by atoms with Gasteiger partial charge in [-0.3, -0.25) is 0 Å².